The molecule has 1 fully saturated rings. The lowest BCUT2D eigenvalue weighted by Gasteiger charge is -2.38. The van der Waals surface area contributed by atoms with Crippen LogP contribution in [0.15, 0.2) is 54.6 Å². The van der Waals surface area contributed by atoms with Gasteiger partial charge in [0.05, 0.1) is 0 Å². The quantitative estimate of drug-likeness (QED) is 0.418. The molecule has 7 nitrogen and oxygen atoms in total. The highest BCUT2D eigenvalue weighted by molar-refractivity contribution is 6.16. The molecule has 0 unspecified atom stereocenters. The van der Waals surface area contributed by atoms with Gasteiger partial charge in [-0.25, -0.2) is 4.79 Å². The van der Waals surface area contributed by atoms with Gasteiger partial charge in [-0.2, -0.15) is 0 Å². The monoisotopic (exact) mass is 394 g/mol. The molecule has 0 bridgehead atoms. The van der Waals surface area contributed by atoms with Crippen molar-refractivity contribution in [1.82, 2.24) is 0 Å². The molecule has 1 aliphatic carbocycles. The second-order valence-corrected chi connectivity index (χ2v) is 7.24. The van der Waals surface area contributed by atoms with Crippen molar-refractivity contribution >= 4 is 16.7 Å². The van der Waals surface area contributed by atoms with Gasteiger partial charge in [-0.05, 0) is 28.3 Å². The molecule has 5 rings (SSSR count). The van der Waals surface area contributed by atoms with E-state index >= 15 is 0 Å². The minimum absolute atomic E-state index is 0.384. The normalized spacial score (nSPS) is 27.6. The second-order valence-electron chi connectivity index (χ2n) is 7.24. The summed E-state index contributed by atoms with van der Waals surface area (Å²) in [7, 11) is 0. The molecule has 5 atom stereocenters. The molecular weight excluding hydrogens is 376 g/mol. The predicted molar refractivity (Wildman–Crippen MR) is 103 cm³/mol. The van der Waals surface area contributed by atoms with E-state index in [1.807, 2.05) is 48.5 Å². The zero-order valence-corrected chi connectivity index (χ0v) is 15.1. The molecule has 1 heterocycles. The summed E-state index contributed by atoms with van der Waals surface area (Å²) < 4.78 is 11.1. The summed E-state index contributed by atoms with van der Waals surface area (Å²) in [5.41, 5.74) is 4.34. The molecule has 3 aromatic carbocycles. The van der Waals surface area contributed by atoms with Crippen LogP contribution in [0.2, 0.25) is 0 Å². The van der Waals surface area contributed by atoms with Crippen LogP contribution < -0.4 is 4.74 Å². The Labute approximate surface area is 165 Å². The van der Waals surface area contributed by atoms with Crippen LogP contribution in [0.1, 0.15) is 0 Å². The van der Waals surface area contributed by atoms with Gasteiger partial charge in [0.2, 0.25) is 6.29 Å². The maximum atomic E-state index is 11.3. The summed E-state index contributed by atoms with van der Waals surface area (Å²) in [6.45, 7) is 0. The van der Waals surface area contributed by atoms with E-state index in [-0.39, 0.29) is 0 Å². The molecular formula is C22H18O7. The van der Waals surface area contributed by atoms with E-state index in [1.165, 1.54) is 0 Å². The first kappa shape index (κ1) is 18.1. The fourth-order valence-corrected chi connectivity index (χ4v) is 4.16. The molecule has 1 aliphatic heterocycles. The number of benzene rings is 3. The fraction of sp³-hybridized carbons (Fsp3) is 0.227. The van der Waals surface area contributed by atoms with Gasteiger partial charge in [-0.15, -0.1) is 0 Å². The first-order valence-electron chi connectivity index (χ1n) is 9.22. The number of ether oxygens (including phenoxy) is 2. The highest BCUT2D eigenvalue weighted by Crippen LogP contribution is 2.49. The van der Waals surface area contributed by atoms with Gasteiger partial charge in [0, 0.05) is 10.8 Å². The first-order chi connectivity index (χ1) is 14.0. The number of rotatable bonds is 3. The van der Waals surface area contributed by atoms with E-state index < -0.39 is 36.7 Å². The van der Waals surface area contributed by atoms with E-state index in [0.717, 1.165) is 33.0 Å². The van der Waals surface area contributed by atoms with Crippen LogP contribution in [0.25, 0.3) is 33.0 Å². The lowest BCUT2D eigenvalue weighted by Crippen LogP contribution is -2.61. The molecule has 2 aliphatic rings. The van der Waals surface area contributed by atoms with Crippen LogP contribution in [0.3, 0.4) is 0 Å². The number of aliphatic hydroxyl groups excluding tert-OH is 3. The largest absolute Gasteiger partial charge is 0.479 e. The minimum atomic E-state index is -1.76. The number of carbonyl (C=O) groups is 1. The van der Waals surface area contributed by atoms with Crippen LogP contribution >= 0.6 is 0 Å². The maximum Gasteiger partial charge on any atom is 0.335 e. The molecule has 148 valence electrons. The Kier molecular flexibility index (Phi) is 4.07. The average Bonchev–Trinajstić information content (AvgIpc) is 3.05. The average molecular weight is 394 g/mol. The van der Waals surface area contributed by atoms with Crippen molar-refractivity contribution < 1.29 is 34.7 Å². The fourth-order valence-electron chi connectivity index (χ4n) is 4.16. The van der Waals surface area contributed by atoms with Crippen LogP contribution in [0.5, 0.6) is 5.75 Å². The lowest BCUT2D eigenvalue weighted by molar-refractivity contribution is -0.270. The van der Waals surface area contributed by atoms with E-state index in [2.05, 4.69) is 0 Å². The van der Waals surface area contributed by atoms with E-state index in [1.54, 1.807) is 6.07 Å². The van der Waals surface area contributed by atoms with Gasteiger partial charge in [0.25, 0.3) is 0 Å². The molecule has 0 saturated carbocycles. The van der Waals surface area contributed by atoms with Gasteiger partial charge in [-0.3, -0.25) is 0 Å². The van der Waals surface area contributed by atoms with Crippen molar-refractivity contribution in [2.75, 3.05) is 0 Å². The number of carboxylic acids is 1. The standard InChI is InChI=1S/C22H18O7/c23-17-18(24)20(21(26)27)29-22(19(17)25)28-15-9-8-13-11-5-2-1-4-10(11)12-6-3-7-14(15)16(12)13/h1-9,17-20,22-25H,(H,26,27)/t17-,18-,19+,20-,22+/m0/s1. The van der Waals surface area contributed by atoms with Crippen molar-refractivity contribution in [3.63, 3.8) is 0 Å². The highest BCUT2D eigenvalue weighted by atomic mass is 16.7. The van der Waals surface area contributed by atoms with Gasteiger partial charge in [0.15, 0.2) is 6.10 Å². The van der Waals surface area contributed by atoms with Crippen molar-refractivity contribution in [2.45, 2.75) is 30.7 Å². The third kappa shape index (κ3) is 2.63. The number of aliphatic hydroxyl groups is 3. The van der Waals surface area contributed by atoms with Crippen molar-refractivity contribution in [2.24, 2.45) is 0 Å². The van der Waals surface area contributed by atoms with E-state index in [9.17, 15) is 25.2 Å². The van der Waals surface area contributed by atoms with Crippen LogP contribution in [-0.2, 0) is 9.53 Å². The lowest BCUT2D eigenvalue weighted by atomic mass is 9.98. The summed E-state index contributed by atoms with van der Waals surface area (Å²) in [6, 6.07) is 17.5. The molecule has 0 spiro atoms. The highest BCUT2D eigenvalue weighted by Gasteiger charge is 2.48. The molecule has 7 heteroatoms. The summed E-state index contributed by atoms with van der Waals surface area (Å²) in [4.78, 5) is 11.3. The summed E-state index contributed by atoms with van der Waals surface area (Å²) in [6.07, 6.45) is -8.24. The Morgan fingerprint density at radius 1 is 0.793 bits per heavy atom. The number of fused-ring (bicyclic) bond motifs is 3. The van der Waals surface area contributed by atoms with Gasteiger partial charge < -0.3 is 29.9 Å². The summed E-state index contributed by atoms with van der Waals surface area (Å²) >= 11 is 0. The second kappa shape index (κ2) is 6.53. The Bertz CT molecular complexity index is 1100. The SMILES string of the molecule is O=C(O)[C@H]1O[C@@H](Oc2ccc3c4c(cccc24)-c2ccccc2-3)[C@H](O)[C@@H](O)[C@@H]1O. The molecule has 0 radical (unpaired) electrons. The molecule has 0 aromatic heterocycles. The molecule has 3 aromatic rings. The van der Waals surface area contributed by atoms with Gasteiger partial charge >= 0.3 is 5.97 Å². The molecule has 0 amide bonds. The number of hydrogen-bond acceptors (Lipinski definition) is 6. The van der Waals surface area contributed by atoms with Crippen molar-refractivity contribution in [1.29, 1.82) is 0 Å². The van der Waals surface area contributed by atoms with Crippen LogP contribution in [0.4, 0.5) is 0 Å². The van der Waals surface area contributed by atoms with Gasteiger partial charge in [-0.1, -0.05) is 48.5 Å². The van der Waals surface area contributed by atoms with Crippen LogP contribution in [0, 0.1) is 0 Å². The Hall–Kier alpha value is -2.97. The maximum absolute atomic E-state index is 11.3. The van der Waals surface area contributed by atoms with Crippen molar-refractivity contribution in [3.8, 4) is 28.0 Å². The smallest absolute Gasteiger partial charge is 0.335 e. The van der Waals surface area contributed by atoms with E-state index in [4.69, 9.17) is 9.47 Å². The Morgan fingerprint density at radius 2 is 1.45 bits per heavy atom. The third-order valence-corrected chi connectivity index (χ3v) is 5.56. The Morgan fingerprint density at radius 3 is 2.14 bits per heavy atom. The minimum Gasteiger partial charge on any atom is -0.479 e. The predicted octanol–water partition coefficient (Wildman–Crippen LogP) is 1.76. The molecule has 29 heavy (non-hydrogen) atoms. The van der Waals surface area contributed by atoms with Crippen molar-refractivity contribution in [3.05, 3.63) is 54.6 Å². The summed E-state index contributed by atoms with van der Waals surface area (Å²) in [5, 5.41) is 41.1. The molecule has 4 N–H and O–H groups in total. The zero-order valence-electron chi connectivity index (χ0n) is 15.1. The number of aliphatic carboxylic acids is 1. The summed E-state index contributed by atoms with van der Waals surface area (Å²) in [5.74, 6) is -1.07. The topological polar surface area (TPSA) is 116 Å². The number of carboxylic acid groups (broad SMARTS) is 1. The molecule has 1 saturated heterocycles. The first-order valence-corrected chi connectivity index (χ1v) is 9.22. The van der Waals surface area contributed by atoms with Gasteiger partial charge in [0.1, 0.15) is 24.1 Å². The third-order valence-electron chi connectivity index (χ3n) is 5.56. The van der Waals surface area contributed by atoms with E-state index in [0.29, 0.717) is 5.75 Å². The van der Waals surface area contributed by atoms with Crippen LogP contribution in [-0.4, -0.2) is 57.1 Å². The Balaban J connectivity index is 1.56. The number of hydrogen-bond donors (Lipinski definition) is 4. The zero-order chi connectivity index (χ0) is 20.3.